The van der Waals surface area contributed by atoms with Gasteiger partial charge in [0, 0.05) is 11.6 Å². The van der Waals surface area contributed by atoms with Crippen LogP contribution in [0.3, 0.4) is 0 Å². The lowest BCUT2D eigenvalue weighted by Crippen LogP contribution is -2.43. The number of rotatable bonds is 4. The van der Waals surface area contributed by atoms with Gasteiger partial charge in [-0.15, -0.1) is 0 Å². The lowest BCUT2D eigenvalue weighted by molar-refractivity contribution is -0.119. The van der Waals surface area contributed by atoms with Gasteiger partial charge in [-0.1, -0.05) is 30.8 Å². The van der Waals surface area contributed by atoms with Crippen LogP contribution in [0.5, 0.6) is 0 Å². The van der Waals surface area contributed by atoms with Gasteiger partial charge in [-0.2, -0.15) is 4.99 Å². The Bertz CT molecular complexity index is 1100. The number of nitrogens with zero attached hydrogens (tertiary/aromatic N) is 3. The number of benzene rings is 2. The Hall–Kier alpha value is -3.07. The Morgan fingerprint density at radius 3 is 2.77 bits per heavy atom. The van der Waals surface area contributed by atoms with Crippen molar-refractivity contribution in [2.24, 2.45) is 9.98 Å². The molecule has 2 amide bonds. The van der Waals surface area contributed by atoms with Gasteiger partial charge in [-0.05, 0) is 37.6 Å². The molecule has 4 rings (SSSR count). The van der Waals surface area contributed by atoms with Crippen LogP contribution in [0.2, 0.25) is 0 Å². The molecular weight excluding hydrogens is 410 g/mol. The van der Waals surface area contributed by atoms with Crippen molar-refractivity contribution in [1.82, 2.24) is 4.90 Å². The fraction of sp³-hybridized carbons (Fsp3) is 0.238. The SMILES string of the molecule is CCC(SC1=Nc2ccccc2C2=NC(=O)C(C)N12)C(=O)Nc1cc(F)ccc1F. The molecule has 2 aliphatic rings. The number of hydrogen-bond donors (Lipinski definition) is 1. The fourth-order valence-corrected chi connectivity index (χ4v) is 4.34. The largest absolute Gasteiger partial charge is 0.323 e. The fourth-order valence-electron chi connectivity index (χ4n) is 3.25. The zero-order valence-electron chi connectivity index (χ0n) is 16.2. The van der Waals surface area contributed by atoms with Crippen molar-refractivity contribution in [2.75, 3.05) is 5.32 Å². The van der Waals surface area contributed by atoms with Gasteiger partial charge in [0.2, 0.25) is 5.91 Å². The number of carbonyl (C=O) groups excluding carboxylic acids is 2. The van der Waals surface area contributed by atoms with Crippen LogP contribution in [-0.4, -0.2) is 39.0 Å². The number of para-hydroxylation sites is 1. The minimum atomic E-state index is -0.721. The van der Waals surface area contributed by atoms with Crippen LogP contribution in [0.1, 0.15) is 25.8 Å². The molecule has 0 saturated carbocycles. The monoisotopic (exact) mass is 428 g/mol. The molecule has 2 heterocycles. The highest BCUT2D eigenvalue weighted by molar-refractivity contribution is 8.15. The maximum atomic E-state index is 13.9. The maximum Gasteiger partial charge on any atom is 0.270 e. The Labute approximate surface area is 176 Å². The summed E-state index contributed by atoms with van der Waals surface area (Å²) >= 11 is 1.16. The summed E-state index contributed by atoms with van der Waals surface area (Å²) in [4.78, 5) is 35.5. The third kappa shape index (κ3) is 3.60. The van der Waals surface area contributed by atoms with E-state index in [1.54, 1.807) is 11.8 Å². The summed E-state index contributed by atoms with van der Waals surface area (Å²) in [7, 11) is 0. The van der Waals surface area contributed by atoms with Crippen LogP contribution in [0, 0.1) is 11.6 Å². The molecule has 2 aromatic carbocycles. The second kappa shape index (κ2) is 7.98. The Morgan fingerprint density at radius 1 is 1.23 bits per heavy atom. The Balaban J connectivity index is 1.62. The van der Waals surface area contributed by atoms with Crippen molar-refractivity contribution in [1.29, 1.82) is 0 Å². The first-order valence-electron chi connectivity index (χ1n) is 9.41. The molecule has 30 heavy (non-hydrogen) atoms. The zero-order chi connectivity index (χ0) is 21.4. The summed E-state index contributed by atoms with van der Waals surface area (Å²) in [6.45, 7) is 3.54. The van der Waals surface area contributed by atoms with E-state index < -0.39 is 28.8 Å². The average Bonchev–Trinajstić information content (AvgIpc) is 3.03. The number of amidine groups is 2. The van der Waals surface area contributed by atoms with Crippen LogP contribution in [0.25, 0.3) is 0 Å². The number of anilines is 1. The van der Waals surface area contributed by atoms with E-state index in [1.807, 2.05) is 31.2 Å². The summed E-state index contributed by atoms with van der Waals surface area (Å²) < 4.78 is 27.3. The van der Waals surface area contributed by atoms with Crippen LogP contribution in [0.15, 0.2) is 52.4 Å². The minimum Gasteiger partial charge on any atom is -0.323 e. The molecule has 0 bridgehead atoms. The van der Waals surface area contributed by atoms with Gasteiger partial charge in [0.05, 0.1) is 16.6 Å². The lowest BCUT2D eigenvalue weighted by Gasteiger charge is -2.30. The molecule has 0 radical (unpaired) electrons. The van der Waals surface area contributed by atoms with Crippen molar-refractivity contribution in [2.45, 2.75) is 31.6 Å². The summed E-state index contributed by atoms with van der Waals surface area (Å²) in [6.07, 6.45) is 0.413. The molecule has 0 spiro atoms. The predicted molar refractivity (Wildman–Crippen MR) is 113 cm³/mol. The molecule has 2 unspecified atom stereocenters. The van der Waals surface area contributed by atoms with E-state index in [9.17, 15) is 18.4 Å². The van der Waals surface area contributed by atoms with Crippen LogP contribution >= 0.6 is 11.8 Å². The Morgan fingerprint density at radius 2 is 2.00 bits per heavy atom. The van der Waals surface area contributed by atoms with Crippen molar-refractivity contribution in [3.63, 3.8) is 0 Å². The smallest absolute Gasteiger partial charge is 0.270 e. The van der Waals surface area contributed by atoms with Gasteiger partial charge < -0.3 is 5.32 Å². The number of aliphatic imine (C=N–C) groups is 2. The van der Waals surface area contributed by atoms with E-state index in [4.69, 9.17) is 0 Å². The van der Waals surface area contributed by atoms with E-state index in [0.29, 0.717) is 23.1 Å². The summed E-state index contributed by atoms with van der Waals surface area (Å²) in [5.74, 6) is -1.63. The Kier molecular flexibility index (Phi) is 5.38. The molecule has 0 aromatic heterocycles. The summed E-state index contributed by atoms with van der Waals surface area (Å²) in [5, 5.41) is 2.27. The molecule has 0 saturated heterocycles. The summed E-state index contributed by atoms with van der Waals surface area (Å²) in [5.41, 5.74) is 1.18. The third-order valence-electron chi connectivity index (χ3n) is 4.85. The molecule has 0 aliphatic carbocycles. The zero-order valence-corrected chi connectivity index (χ0v) is 17.0. The van der Waals surface area contributed by atoms with E-state index in [-0.39, 0.29) is 11.6 Å². The minimum absolute atomic E-state index is 0.220. The van der Waals surface area contributed by atoms with E-state index in [2.05, 4.69) is 15.3 Å². The molecule has 154 valence electrons. The molecule has 2 aromatic rings. The van der Waals surface area contributed by atoms with E-state index >= 15 is 0 Å². The van der Waals surface area contributed by atoms with Crippen molar-refractivity contribution in [3.8, 4) is 0 Å². The molecule has 2 aliphatic heterocycles. The highest BCUT2D eigenvalue weighted by Gasteiger charge is 2.40. The quantitative estimate of drug-likeness (QED) is 0.796. The number of fused-ring (bicyclic) bond motifs is 3. The predicted octanol–water partition coefficient (Wildman–Crippen LogP) is 4.09. The van der Waals surface area contributed by atoms with Gasteiger partial charge in [0.1, 0.15) is 23.5 Å². The van der Waals surface area contributed by atoms with Gasteiger partial charge in [-0.25, -0.2) is 13.8 Å². The van der Waals surface area contributed by atoms with Crippen molar-refractivity contribution in [3.05, 3.63) is 59.7 Å². The third-order valence-corrected chi connectivity index (χ3v) is 6.18. The standard InChI is InChI=1S/C21H18F2N4O2S/c1-3-17(20(29)24-16-10-12(22)8-9-14(16)23)30-21-25-15-7-5-4-6-13(15)18-26-19(28)11(2)27(18)21/h4-11,17H,3H2,1-2H3,(H,24,29). The normalized spacial score (nSPS) is 18.3. The number of hydrogen-bond acceptors (Lipinski definition) is 5. The van der Waals surface area contributed by atoms with Crippen LogP contribution < -0.4 is 5.32 Å². The van der Waals surface area contributed by atoms with Crippen LogP contribution in [-0.2, 0) is 9.59 Å². The first-order valence-corrected chi connectivity index (χ1v) is 10.3. The highest BCUT2D eigenvalue weighted by atomic mass is 32.2. The first-order chi connectivity index (χ1) is 14.4. The van der Waals surface area contributed by atoms with Gasteiger partial charge in [0.25, 0.3) is 5.91 Å². The molecule has 0 fully saturated rings. The number of amides is 2. The topological polar surface area (TPSA) is 74.1 Å². The first kappa shape index (κ1) is 20.2. The number of nitrogens with one attached hydrogen (secondary N) is 1. The molecule has 9 heteroatoms. The van der Waals surface area contributed by atoms with Crippen molar-refractivity contribution >= 4 is 46.0 Å². The lowest BCUT2D eigenvalue weighted by atomic mass is 10.1. The average molecular weight is 428 g/mol. The van der Waals surface area contributed by atoms with Gasteiger partial charge in [-0.3, -0.25) is 14.5 Å². The molecular formula is C21H18F2N4O2S. The second-order valence-electron chi connectivity index (χ2n) is 6.86. The second-order valence-corrected chi connectivity index (χ2v) is 8.03. The molecule has 1 N–H and O–H groups in total. The number of carbonyl (C=O) groups is 2. The molecule has 6 nitrogen and oxygen atoms in total. The highest BCUT2D eigenvalue weighted by Crippen LogP contribution is 2.35. The van der Waals surface area contributed by atoms with Gasteiger partial charge >= 0.3 is 0 Å². The van der Waals surface area contributed by atoms with Gasteiger partial charge in [0.15, 0.2) is 5.17 Å². The molecule has 2 atom stereocenters. The number of halogens is 2. The van der Waals surface area contributed by atoms with Crippen molar-refractivity contribution < 1.29 is 18.4 Å². The van der Waals surface area contributed by atoms with E-state index in [1.165, 1.54) is 0 Å². The van der Waals surface area contributed by atoms with E-state index in [0.717, 1.165) is 35.5 Å². The van der Waals surface area contributed by atoms with Crippen LogP contribution in [0.4, 0.5) is 20.2 Å². The number of thioether (sulfide) groups is 1. The summed E-state index contributed by atoms with van der Waals surface area (Å²) in [6, 6.07) is 9.67. The maximum absolute atomic E-state index is 13.9.